The van der Waals surface area contributed by atoms with Crippen molar-refractivity contribution in [3.05, 3.63) is 49.6 Å². The van der Waals surface area contributed by atoms with Crippen molar-refractivity contribution in [1.29, 1.82) is 0 Å². The smallest absolute Gasteiger partial charge is 0.317 e. The summed E-state index contributed by atoms with van der Waals surface area (Å²) in [5.41, 5.74) is 15.0. The highest BCUT2D eigenvalue weighted by molar-refractivity contribution is 5.77. The zero-order valence-corrected chi connectivity index (χ0v) is 102. The molecule has 0 aliphatic heterocycles. The topological polar surface area (TPSA) is 596 Å². The van der Waals surface area contributed by atoms with Crippen LogP contribution in [-0.2, 0) is 0 Å². The fraction of sp³-hybridized carbons (Fsp3) is 0.825. The fourth-order valence-corrected chi connectivity index (χ4v) is 9.10. The van der Waals surface area contributed by atoms with E-state index in [1.165, 1.54) is 14.7 Å². The second-order valence-electron chi connectivity index (χ2n) is 40.2. The molecule has 20 amide bonds. The third-order valence-electron chi connectivity index (χ3n) is 15.9. The molecule has 5 unspecified atom stereocenters. The van der Waals surface area contributed by atoms with Gasteiger partial charge in [0.15, 0.2) is 0 Å². The van der Waals surface area contributed by atoms with E-state index in [0.717, 1.165) is 69.0 Å². The van der Waals surface area contributed by atoms with E-state index in [9.17, 15) is 53.1 Å². The average Bonchev–Trinajstić information content (AvgIpc) is 0.899. The van der Waals surface area contributed by atoms with E-state index in [0.29, 0.717) is 63.4 Å². The maximum Gasteiger partial charge on any atom is 0.317 e. The van der Waals surface area contributed by atoms with E-state index in [-0.39, 0.29) is 153 Å². The molecule has 0 aliphatic rings. The quantitative estimate of drug-likeness (QED) is 0.0270. The van der Waals surface area contributed by atoms with Crippen LogP contribution in [-0.4, -0.2) is 406 Å². The number of carbonyl (C=O) groups excluding carboxylic acids is 10. The Balaban J connectivity index is -0.0000000992. The zero-order valence-electron chi connectivity index (χ0n) is 102. The standard InChI is InChI=1S/C9H21N3.C9H20N2O2.C9H20N2O.C9H20N2.2C8H18N2O.C7H17N3O.2C7H16N2O2.2C7H16N2O.C6H14N2O.C5H12N2O.C4H10N2O.CH4/c1-7(2)11-9(4)12(5)6-8(3)10;1-7(2)10-8(12)11(5)6-9(3,4)13;1-7(2)10-9(4)11(5)6-8(3)12;1-6-7-11(5)9(4)10-8(2)3;1-6(2)10-8(4)9-5-7(3)11;1-5-10(6-2)8(11)9-7(3)4;1-5(2)10-7(11)9-4-6(3)8;1-6(2)8-7(11)9(3)4-5-10;1-5(2)9-7(11)8-4-6(3)10;2*1-5-9(4)7(10)8-6(2)3;1-5(2)7-6(9)8(3)4;1-4(2)7-5(8)6-3;1-3(2)6-4(5)7;/h7-8,11H,4,6,10H2,1-3,5H3;7,13H,6H2,1-5H3,(H,10,12);7-8,10,12H,4,6H2,1-3,5H3;8,10H,4,6-7H2,1-3,5H3;6-7,9-11H,4-5H2,1-3H3;7H,5-6H2,1-4H3,(H,9,11);5-6H,4,8H2,1-3H3,(H2,9,10,11);6,10H,4-5H2,1-3H3,(H,8,11);5-6,10H,4H2,1-3H3,(H2,8,9,11);2*6H,5H2,1-4H3,(H,8,10);5H,1-4H3,(H,7,9);4H,1-3H3,(H2,6,7,8);3H,1-2H3,(H3,5,6,7);1H4. The minimum Gasteiger partial charge on any atom is -0.395 e. The summed E-state index contributed by atoms with van der Waals surface area (Å²) < 4.78 is 0. The summed E-state index contributed by atoms with van der Waals surface area (Å²) in [6, 6.07) is 2.39. The van der Waals surface area contributed by atoms with Crippen LogP contribution < -0.4 is 113 Å². The summed E-state index contributed by atoms with van der Waals surface area (Å²) in [5.74, 6) is 3.57. The molecule has 0 aromatic carbocycles. The van der Waals surface area contributed by atoms with Crippen LogP contribution in [0.3, 0.4) is 0 Å². The average molecular weight is 2140 g/mol. The Hall–Kier alpha value is -10.2. The summed E-state index contributed by atoms with van der Waals surface area (Å²) >= 11 is 0. The number of aliphatic hydroxyl groups is 5. The highest BCUT2D eigenvalue weighted by atomic mass is 16.3. The number of nitrogens with one attached hydrogen (secondary N) is 18. The maximum absolute atomic E-state index is 11.3. The molecule has 0 aromatic rings. The van der Waals surface area contributed by atoms with Crippen molar-refractivity contribution in [3.8, 4) is 0 Å². The van der Waals surface area contributed by atoms with Crippen molar-refractivity contribution < 1.29 is 73.5 Å². The van der Waals surface area contributed by atoms with Crippen molar-refractivity contribution in [3.63, 3.8) is 0 Å². The van der Waals surface area contributed by atoms with Crippen LogP contribution in [0.4, 0.5) is 47.9 Å². The maximum atomic E-state index is 11.3. The number of carbonyl (C=O) groups is 10. The molecule has 5 atom stereocenters. The minimum absolute atomic E-state index is 0. The molecule has 0 bridgehead atoms. The van der Waals surface area contributed by atoms with E-state index >= 15 is 0 Å². The van der Waals surface area contributed by atoms with Crippen LogP contribution in [0.2, 0.25) is 0 Å². The van der Waals surface area contributed by atoms with Gasteiger partial charge in [0.1, 0.15) is 0 Å². The van der Waals surface area contributed by atoms with E-state index < -0.39 is 17.7 Å². The summed E-state index contributed by atoms with van der Waals surface area (Å²) in [5, 5.41) is 95.0. The second kappa shape index (κ2) is 107. The SMILES string of the molecule is C.C=C(NC(C)C)N(C)CC(C)N.C=C(NC(C)C)N(C)CC(C)O.C=C(NC(C)C)N(C)CCC.C=C(NCC(C)O)NC(C)C.CC(C)NC(=O)N(C)C.CC(C)NC(=O)N(C)CC(C)(C)O.CC(C)NC(=O)N(C)CCO.CC(C)NC(N)=O.CC(N)CNC(=O)NC(C)C.CC(O)CNC(=O)NC(C)C.CCN(C)C(=O)NC(C)C.CCN(C)C(=O)NC(C)C.CCN(CC)C(=O)NC(C)C.CNC(=O)NC(C)C. The van der Waals surface area contributed by atoms with Gasteiger partial charge < -0.3 is 183 Å². The fourth-order valence-electron chi connectivity index (χ4n) is 9.10. The van der Waals surface area contributed by atoms with Crippen LogP contribution in [0, 0.1) is 0 Å². The summed E-state index contributed by atoms with van der Waals surface area (Å²) in [6.07, 6.45) is 0.0179. The van der Waals surface area contributed by atoms with Gasteiger partial charge in [-0.3, -0.25) is 0 Å². The molecule has 0 saturated carbocycles. The number of hydrogen-bond donors (Lipinski definition) is 26. The van der Waals surface area contributed by atoms with Gasteiger partial charge in [-0.05, 0) is 276 Å². The number of primary amides is 1. The Morgan fingerprint density at radius 2 is 0.581 bits per heavy atom. The lowest BCUT2D eigenvalue weighted by Gasteiger charge is -2.26. The van der Waals surface area contributed by atoms with Gasteiger partial charge in [0.25, 0.3) is 0 Å². The lowest BCUT2D eigenvalue weighted by atomic mass is 10.1. The first-order valence-corrected chi connectivity index (χ1v) is 51.7. The largest absolute Gasteiger partial charge is 0.395 e. The lowest BCUT2D eigenvalue weighted by Crippen LogP contribution is -2.46. The summed E-state index contributed by atoms with van der Waals surface area (Å²) in [6.45, 7) is 100. The number of aliphatic hydroxyl groups excluding tert-OH is 4. The molecule has 890 valence electrons. The first-order chi connectivity index (χ1) is 66.9. The first kappa shape index (κ1) is 171. The molecule has 0 saturated heterocycles. The number of amides is 20. The highest BCUT2D eigenvalue weighted by Crippen LogP contribution is 2.05. The van der Waals surface area contributed by atoms with E-state index in [1.807, 2.05) is 218 Å². The minimum atomic E-state index is -0.844. The van der Waals surface area contributed by atoms with Crippen LogP contribution >= 0.6 is 0 Å². The zero-order chi connectivity index (χ0) is 119. The molecule has 0 radical (unpaired) electrons. The van der Waals surface area contributed by atoms with Crippen molar-refractivity contribution >= 4 is 60.3 Å². The number of hydrogen-bond acceptors (Lipinski definition) is 25. The molecule has 45 heteroatoms. The Labute approximate surface area is 903 Å². The van der Waals surface area contributed by atoms with Crippen LogP contribution in [0.25, 0.3) is 0 Å². The first-order valence-electron chi connectivity index (χ1n) is 51.7. The summed E-state index contributed by atoms with van der Waals surface area (Å²) in [4.78, 5) is 124. The molecule has 0 rings (SSSR count). The molecule has 0 fully saturated rings. The Bertz CT molecular complexity index is 3070. The highest BCUT2D eigenvalue weighted by Gasteiger charge is 2.20. The summed E-state index contributed by atoms with van der Waals surface area (Å²) in [7, 11) is 17.8. The van der Waals surface area contributed by atoms with E-state index in [4.69, 9.17) is 37.6 Å². The Kier molecular flexibility index (Phi) is 123. The van der Waals surface area contributed by atoms with E-state index in [2.05, 4.69) is 182 Å². The predicted molar refractivity (Wildman–Crippen MR) is 623 cm³/mol. The predicted octanol–water partition coefficient (Wildman–Crippen LogP) is 9.93. The Morgan fingerprint density at radius 3 is 0.804 bits per heavy atom. The molecule has 29 N–H and O–H groups in total. The van der Waals surface area contributed by atoms with Crippen molar-refractivity contribution in [2.45, 2.75) is 411 Å². The van der Waals surface area contributed by atoms with Gasteiger partial charge in [-0.25, -0.2) is 47.9 Å². The van der Waals surface area contributed by atoms with E-state index in [1.54, 1.807) is 98.7 Å². The molecular formula is C103H238N30O15. The monoisotopic (exact) mass is 2140 g/mol. The molecule has 0 spiro atoms. The normalized spacial score (nSPS) is 11.0. The molecule has 45 nitrogen and oxygen atoms in total. The van der Waals surface area contributed by atoms with Crippen LogP contribution in [0.15, 0.2) is 49.6 Å². The number of nitrogens with zero attached hydrogens (tertiary/aromatic N) is 9. The van der Waals surface area contributed by atoms with Gasteiger partial charge in [-0.1, -0.05) is 40.7 Å². The molecular weight excluding hydrogens is 1900 g/mol. The number of rotatable bonds is 42. The van der Waals surface area contributed by atoms with Crippen LogP contribution in [0.1, 0.15) is 291 Å². The second-order valence-corrected chi connectivity index (χ2v) is 40.2. The van der Waals surface area contributed by atoms with Gasteiger partial charge in [0.2, 0.25) is 0 Å². The third kappa shape index (κ3) is 156. The molecule has 0 aliphatic carbocycles. The molecule has 0 heterocycles. The van der Waals surface area contributed by atoms with Crippen molar-refractivity contribution in [2.24, 2.45) is 17.2 Å². The Morgan fingerprint density at radius 1 is 0.311 bits per heavy atom. The lowest BCUT2D eigenvalue weighted by molar-refractivity contribution is 0.0529. The number of nitrogens with two attached hydrogens (primary N) is 3. The van der Waals surface area contributed by atoms with Crippen molar-refractivity contribution in [2.75, 3.05) is 156 Å². The molecule has 148 heavy (non-hydrogen) atoms. The van der Waals surface area contributed by atoms with Crippen molar-refractivity contribution in [1.82, 2.24) is 140 Å². The van der Waals surface area contributed by atoms with Crippen LogP contribution in [0.5, 0.6) is 0 Å². The number of urea groups is 10. The molecule has 0 aromatic heterocycles. The van der Waals surface area contributed by atoms with Gasteiger partial charge >= 0.3 is 60.3 Å². The van der Waals surface area contributed by atoms with Gasteiger partial charge in [-0.15, -0.1) is 0 Å². The number of likely N-dealkylation sites (N-methyl/N-ethyl adjacent to an activating group) is 4. The van der Waals surface area contributed by atoms with Gasteiger partial charge in [-0.2, -0.15) is 0 Å². The third-order valence-corrected chi connectivity index (χ3v) is 15.9. The van der Waals surface area contributed by atoms with Gasteiger partial charge in [0, 0.05) is 239 Å². The van der Waals surface area contributed by atoms with Gasteiger partial charge in [0.05, 0.1) is 60.3 Å².